The highest BCUT2D eigenvalue weighted by Crippen LogP contribution is 2.22. The number of nitrogens with zero attached hydrogens (tertiary/aromatic N) is 2. The lowest BCUT2D eigenvalue weighted by Gasteiger charge is -2.06. The van der Waals surface area contributed by atoms with Crippen LogP contribution in [0.15, 0.2) is 45.9 Å². The van der Waals surface area contributed by atoms with Crippen LogP contribution in [-0.2, 0) is 11.3 Å². The van der Waals surface area contributed by atoms with Crippen molar-refractivity contribution in [3.05, 3.63) is 62.4 Å². The van der Waals surface area contributed by atoms with Crippen molar-refractivity contribution in [1.82, 2.24) is 4.57 Å². The van der Waals surface area contributed by atoms with Gasteiger partial charge in [-0.15, -0.1) is 0 Å². The Labute approximate surface area is 158 Å². The Hall–Kier alpha value is -1.76. The van der Waals surface area contributed by atoms with E-state index in [2.05, 4.69) is 51.5 Å². The fourth-order valence-corrected chi connectivity index (χ4v) is 4.11. The average molecular weight is 419 g/mol. The molecule has 3 aromatic rings. The molecule has 0 unspecified atom stereocenters. The topological polar surface area (TPSA) is 43.6 Å². The van der Waals surface area contributed by atoms with Crippen LogP contribution in [0, 0.1) is 13.8 Å². The van der Waals surface area contributed by atoms with E-state index in [0.29, 0.717) is 23.5 Å². The molecule has 2 aromatic carbocycles. The summed E-state index contributed by atoms with van der Waals surface area (Å²) in [6.45, 7) is 5.41. The first kappa shape index (κ1) is 18.0. The molecule has 0 saturated carbocycles. The fraction of sp³-hybridized carbons (Fsp3) is 0.263. The van der Waals surface area contributed by atoms with Crippen molar-refractivity contribution in [3.63, 3.8) is 0 Å². The lowest BCUT2D eigenvalue weighted by atomic mass is 10.1. The Morgan fingerprint density at radius 2 is 2.00 bits per heavy atom. The van der Waals surface area contributed by atoms with E-state index in [4.69, 9.17) is 4.74 Å². The molecule has 4 nitrogen and oxygen atoms in total. The Balaban J connectivity index is 2.15. The smallest absolute Gasteiger partial charge is 0.279 e. The minimum atomic E-state index is -0.243. The summed E-state index contributed by atoms with van der Waals surface area (Å²) >= 11 is 4.93. The molecule has 0 bridgehead atoms. The van der Waals surface area contributed by atoms with Crippen LogP contribution in [0.2, 0.25) is 0 Å². The highest BCUT2D eigenvalue weighted by atomic mass is 79.9. The van der Waals surface area contributed by atoms with Gasteiger partial charge in [0.05, 0.1) is 16.8 Å². The molecule has 130 valence electrons. The number of ether oxygens (including phenoxy) is 1. The number of methoxy groups -OCH3 is 1. The van der Waals surface area contributed by atoms with Gasteiger partial charge in [-0.25, -0.2) is 0 Å². The van der Waals surface area contributed by atoms with E-state index in [-0.39, 0.29) is 5.91 Å². The maximum atomic E-state index is 12.6. The maximum Gasteiger partial charge on any atom is 0.279 e. The number of amides is 1. The van der Waals surface area contributed by atoms with E-state index in [9.17, 15) is 4.79 Å². The second-order valence-electron chi connectivity index (χ2n) is 5.86. The van der Waals surface area contributed by atoms with Crippen LogP contribution in [-0.4, -0.2) is 24.2 Å². The third kappa shape index (κ3) is 3.92. The van der Waals surface area contributed by atoms with Crippen LogP contribution in [0.4, 0.5) is 0 Å². The molecular formula is C19H19BrN2O2S. The molecule has 0 saturated heterocycles. The zero-order chi connectivity index (χ0) is 18.0. The van der Waals surface area contributed by atoms with Gasteiger partial charge >= 0.3 is 0 Å². The number of hydrogen-bond acceptors (Lipinski definition) is 3. The van der Waals surface area contributed by atoms with E-state index >= 15 is 0 Å². The van der Waals surface area contributed by atoms with Gasteiger partial charge in [0.15, 0.2) is 4.80 Å². The summed E-state index contributed by atoms with van der Waals surface area (Å²) in [5.74, 6) is -0.243. The third-order valence-electron chi connectivity index (χ3n) is 4.09. The molecule has 0 atom stereocenters. The Kier molecular flexibility index (Phi) is 5.51. The van der Waals surface area contributed by atoms with Crippen molar-refractivity contribution in [2.75, 3.05) is 13.7 Å². The normalized spacial score (nSPS) is 12.1. The van der Waals surface area contributed by atoms with E-state index in [1.165, 1.54) is 22.5 Å². The van der Waals surface area contributed by atoms with Crippen LogP contribution >= 0.6 is 27.3 Å². The average Bonchev–Trinajstić information content (AvgIpc) is 2.89. The molecule has 3 rings (SSSR count). The zero-order valence-corrected chi connectivity index (χ0v) is 16.8. The van der Waals surface area contributed by atoms with Crippen LogP contribution < -0.4 is 4.80 Å². The molecule has 0 radical (unpaired) electrons. The molecule has 0 spiro atoms. The summed E-state index contributed by atoms with van der Waals surface area (Å²) in [5, 5.41) is 0. The van der Waals surface area contributed by atoms with Crippen LogP contribution in [0.1, 0.15) is 21.5 Å². The molecular weight excluding hydrogens is 400 g/mol. The van der Waals surface area contributed by atoms with Crippen molar-refractivity contribution >= 4 is 43.4 Å². The number of aromatic nitrogens is 1. The first-order chi connectivity index (χ1) is 12.0. The number of aryl methyl sites for hydroxylation is 2. The maximum absolute atomic E-state index is 12.6. The Morgan fingerprint density at radius 1 is 1.24 bits per heavy atom. The second-order valence-corrected chi connectivity index (χ2v) is 7.79. The van der Waals surface area contributed by atoms with Gasteiger partial charge in [-0.1, -0.05) is 33.3 Å². The number of carbonyl (C=O) groups is 1. The van der Waals surface area contributed by atoms with Crippen LogP contribution in [0.5, 0.6) is 0 Å². The zero-order valence-electron chi connectivity index (χ0n) is 14.4. The van der Waals surface area contributed by atoms with Crippen molar-refractivity contribution in [2.24, 2.45) is 4.99 Å². The molecule has 0 aliphatic rings. The van der Waals surface area contributed by atoms with Crippen molar-refractivity contribution < 1.29 is 9.53 Å². The number of rotatable bonds is 4. The molecule has 0 aliphatic heterocycles. The second kappa shape index (κ2) is 7.64. The van der Waals surface area contributed by atoms with Crippen LogP contribution in [0.3, 0.4) is 0 Å². The SMILES string of the molecule is COCCn1c(=NC(=O)c2cccc(Br)c2)sc2cc(C)c(C)cc21. The summed E-state index contributed by atoms with van der Waals surface area (Å²) < 4.78 is 9.28. The van der Waals surface area contributed by atoms with Crippen molar-refractivity contribution in [3.8, 4) is 0 Å². The molecule has 1 heterocycles. The number of hydrogen-bond donors (Lipinski definition) is 0. The van der Waals surface area contributed by atoms with E-state index in [1.54, 1.807) is 19.2 Å². The van der Waals surface area contributed by atoms with Gasteiger partial charge in [-0.05, 0) is 55.3 Å². The predicted octanol–water partition coefficient (Wildman–Crippen LogP) is 4.47. The quantitative estimate of drug-likeness (QED) is 0.627. The molecule has 1 aromatic heterocycles. The molecule has 25 heavy (non-hydrogen) atoms. The minimum absolute atomic E-state index is 0.243. The highest BCUT2D eigenvalue weighted by Gasteiger charge is 2.11. The monoisotopic (exact) mass is 418 g/mol. The van der Waals surface area contributed by atoms with E-state index < -0.39 is 0 Å². The van der Waals surface area contributed by atoms with Crippen LogP contribution in [0.25, 0.3) is 10.2 Å². The lowest BCUT2D eigenvalue weighted by molar-refractivity contribution is 0.0997. The number of thiazole rings is 1. The van der Waals surface area contributed by atoms with Crippen molar-refractivity contribution in [1.29, 1.82) is 0 Å². The molecule has 6 heteroatoms. The van der Waals surface area contributed by atoms with E-state index in [1.807, 2.05) is 12.1 Å². The summed E-state index contributed by atoms with van der Waals surface area (Å²) in [5.41, 5.74) is 4.11. The number of benzene rings is 2. The minimum Gasteiger partial charge on any atom is -0.383 e. The summed E-state index contributed by atoms with van der Waals surface area (Å²) in [6, 6.07) is 11.6. The summed E-state index contributed by atoms with van der Waals surface area (Å²) in [6.07, 6.45) is 0. The lowest BCUT2D eigenvalue weighted by Crippen LogP contribution is -2.19. The largest absolute Gasteiger partial charge is 0.383 e. The summed E-state index contributed by atoms with van der Waals surface area (Å²) in [7, 11) is 1.67. The van der Waals surface area contributed by atoms with Gasteiger partial charge in [0.25, 0.3) is 5.91 Å². The number of fused-ring (bicyclic) bond motifs is 1. The van der Waals surface area contributed by atoms with Gasteiger partial charge in [0, 0.05) is 23.7 Å². The fourth-order valence-electron chi connectivity index (χ4n) is 2.58. The van der Waals surface area contributed by atoms with Gasteiger partial charge in [-0.2, -0.15) is 4.99 Å². The van der Waals surface area contributed by atoms with Gasteiger partial charge < -0.3 is 9.30 Å². The van der Waals surface area contributed by atoms with Crippen molar-refractivity contribution in [2.45, 2.75) is 20.4 Å². The Morgan fingerprint density at radius 3 is 2.72 bits per heavy atom. The Bertz CT molecular complexity index is 1000. The molecule has 1 amide bonds. The van der Waals surface area contributed by atoms with E-state index in [0.717, 1.165) is 14.7 Å². The standard InChI is InChI=1S/C19H19BrN2O2S/c1-12-9-16-17(10-13(12)2)25-19(22(16)7-8-24-3)21-18(23)14-5-4-6-15(20)11-14/h4-6,9-11H,7-8H2,1-3H3. The third-order valence-corrected chi connectivity index (χ3v) is 5.62. The first-order valence-electron chi connectivity index (χ1n) is 7.94. The van der Waals surface area contributed by atoms with Gasteiger partial charge in [0.2, 0.25) is 0 Å². The van der Waals surface area contributed by atoms with Gasteiger partial charge in [-0.3, -0.25) is 4.79 Å². The number of carbonyl (C=O) groups excluding carboxylic acids is 1. The predicted molar refractivity (Wildman–Crippen MR) is 105 cm³/mol. The molecule has 0 fully saturated rings. The molecule has 0 aliphatic carbocycles. The molecule has 0 N–H and O–H groups in total. The highest BCUT2D eigenvalue weighted by molar-refractivity contribution is 9.10. The number of halogens is 1. The summed E-state index contributed by atoms with van der Waals surface area (Å²) in [4.78, 5) is 17.7. The van der Waals surface area contributed by atoms with Gasteiger partial charge in [0.1, 0.15) is 0 Å². The first-order valence-corrected chi connectivity index (χ1v) is 9.54.